The van der Waals surface area contributed by atoms with Gasteiger partial charge in [0.1, 0.15) is 0 Å². The van der Waals surface area contributed by atoms with Crippen molar-refractivity contribution in [2.45, 2.75) is 18.7 Å². The molecule has 4 nitrogen and oxygen atoms in total. The van der Waals surface area contributed by atoms with Crippen LogP contribution in [0.5, 0.6) is 0 Å². The lowest BCUT2D eigenvalue weighted by molar-refractivity contribution is -0.112. The summed E-state index contributed by atoms with van der Waals surface area (Å²) in [5, 5.41) is 0.798. The van der Waals surface area contributed by atoms with Crippen molar-refractivity contribution in [2.24, 2.45) is 0 Å². The molecule has 0 unspecified atom stereocenters. The van der Waals surface area contributed by atoms with Gasteiger partial charge >= 0.3 is 0 Å². The normalized spacial score (nSPS) is 12.1. The van der Waals surface area contributed by atoms with Crippen molar-refractivity contribution in [1.82, 2.24) is 3.97 Å². The highest BCUT2D eigenvalue weighted by Gasteiger charge is 2.23. The molecule has 3 aromatic rings. The van der Waals surface area contributed by atoms with Gasteiger partial charge in [0.25, 0.3) is 10.0 Å². The lowest BCUT2D eigenvalue weighted by Crippen LogP contribution is -2.14. The van der Waals surface area contributed by atoms with E-state index in [4.69, 9.17) is 0 Å². The van der Waals surface area contributed by atoms with Crippen LogP contribution in [-0.2, 0) is 14.8 Å². The van der Waals surface area contributed by atoms with Crippen molar-refractivity contribution in [3.05, 3.63) is 71.9 Å². The van der Waals surface area contributed by atoms with Crippen LogP contribution in [0, 0.1) is 6.92 Å². The molecule has 0 saturated heterocycles. The number of benzene rings is 2. The molecule has 0 aliphatic carbocycles. The molecule has 0 radical (unpaired) electrons. The maximum Gasteiger partial charge on any atom is 0.268 e. The Bertz CT molecular complexity index is 1040. The summed E-state index contributed by atoms with van der Waals surface area (Å²) < 4.78 is 27.5. The van der Waals surface area contributed by atoms with Crippen LogP contribution in [-0.4, -0.2) is 18.2 Å². The number of carbonyl (C=O) groups excluding carboxylic acids is 1. The Hall–Kier alpha value is -2.66. The average molecular weight is 339 g/mol. The predicted molar refractivity (Wildman–Crippen MR) is 95.4 cm³/mol. The van der Waals surface area contributed by atoms with Gasteiger partial charge in [0.15, 0.2) is 5.78 Å². The number of ketones is 1. The molecule has 0 aliphatic heterocycles. The Morgan fingerprint density at radius 2 is 1.62 bits per heavy atom. The minimum atomic E-state index is -3.72. The van der Waals surface area contributed by atoms with Crippen LogP contribution in [0.3, 0.4) is 0 Å². The molecule has 0 bridgehead atoms. The molecular formula is C19H17NO3S. The van der Waals surface area contributed by atoms with E-state index in [0.717, 1.165) is 10.9 Å². The van der Waals surface area contributed by atoms with E-state index >= 15 is 0 Å². The number of carbonyl (C=O) groups is 1. The molecule has 0 fully saturated rings. The van der Waals surface area contributed by atoms with E-state index in [2.05, 4.69) is 0 Å². The van der Waals surface area contributed by atoms with Crippen LogP contribution in [0.1, 0.15) is 18.2 Å². The van der Waals surface area contributed by atoms with Crippen molar-refractivity contribution < 1.29 is 13.2 Å². The topological polar surface area (TPSA) is 56.1 Å². The fourth-order valence-corrected chi connectivity index (χ4v) is 4.37. The first-order valence-electron chi connectivity index (χ1n) is 7.52. The molecule has 0 amide bonds. The number of rotatable bonds is 4. The molecule has 24 heavy (non-hydrogen) atoms. The monoisotopic (exact) mass is 339 g/mol. The number of para-hydroxylation sites is 1. The number of fused-ring (bicyclic) bond motifs is 1. The first-order valence-corrected chi connectivity index (χ1v) is 8.96. The van der Waals surface area contributed by atoms with Crippen molar-refractivity contribution in [3.63, 3.8) is 0 Å². The highest BCUT2D eigenvalue weighted by Crippen LogP contribution is 2.30. The Balaban J connectivity index is 2.34. The van der Waals surface area contributed by atoms with Crippen molar-refractivity contribution in [2.75, 3.05) is 0 Å². The van der Waals surface area contributed by atoms with Crippen LogP contribution < -0.4 is 0 Å². The summed E-state index contributed by atoms with van der Waals surface area (Å²) in [5.74, 6) is -0.0860. The SMILES string of the molecule is CC(=O)/C=C/c1c(C)n(S(=O)(=O)c2ccccc2)c2ccccc12. The van der Waals surface area contributed by atoms with Crippen LogP contribution in [0.4, 0.5) is 0 Å². The Kier molecular flexibility index (Phi) is 4.11. The van der Waals surface area contributed by atoms with E-state index in [1.807, 2.05) is 12.1 Å². The van der Waals surface area contributed by atoms with Gasteiger partial charge in [-0.3, -0.25) is 4.79 Å². The first kappa shape index (κ1) is 16.2. The fraction of sp³-hybridized carbons (Fsp3) is 0.105. The Morgan fingerprint density at radius 3 is 2.29 bits per heavy atom. The van der Waals surface area contributed by atoms with Crippen LogP contribution >= 0.6 is 0 Å². The Labute approximate surface area is 141 Å². The summed E-state index contributed by atoms with van der Waals surface area (Å²) in [6.45, 7) is 3.21. The molecule has 0 spiro atoms. The predicted octanol–water partition coefficient (Wildman–Crippen LogP) is 3.79. The second-order valence-corrected chi connectivity index (χ2v) is 7.33. The molecule has 0 atom stereocenters. The molecule has 2 aromatic carbocycles. The highest BCUT2D eigenvalue weighted by atomic mass is 32.2. The lowest BCUT2D eigenvalue weighted by atomic mass is 10.1. The number of allylic oxidation sites excluding steroid dienone is 1. The molecular weight excluding hydrogens is 322 g/mol. The quantitative estimate of drug-likeness (QED) is 0.680. The fourth-order valence-electron chi connectivity index (χ4n) is 2.78. The van der Waals surface area contributed by atoms with Gasteiger partial charge in [0.05, 0.1) is 10.4 Å². The second-order valence-electron chi connectivity index (χ2n) is 5.54. The van der Waals surface area contributed by atoms with Gasteiger partial charge in [-0.05, 0) is 44.2 Å². The first-order chi connectivity index (χ1) is 11.4. The third kappa shape index (κ3) is 2.67. The summed E-state index contributed by atoms with van der Waals surface area (Å²) in [4.78, 5) is 11.5. The molecule has 0 saturated carbocycles. The summed E-state index contributed by atoms with van der Waals surface area (Å²) >= 11 is 0. The zero-order valence-corrected chi connectivity index (χ0v) is 14.2. The maximum atomic E-state index is 13.1. The van der Waals surface area contributed by atoms with Crippen molar-refractivity contribution in [1.29, 1.82) is 0 Å². The number of hydrogen-bond acceptors (Lipinski definition) is 3. The maximum absolute atomic E-state index is 13.1. The van der Waals surface area contributed by atoms with Gasteiger partial charge in [0, 0.05) is 16.6 Å². The molecule has 0 aliphatic rings. The zero-order chi connectivity index (χ0) is 17.3. The van der Waals surface area contributed by atoms with E-state index in [1.165, 1.54) is 17.0 Å². The van der Waals surface area contributed by atoms with E-state index in [0.29, 0.717) is 11.2 Å². The van der Waals surface area contributed by atoms with E-state index < -0.39 is 10.0 Å². The lowest BCUT2D eigenvalue weighted by Gasteiger charge is -2.10. The highest BCUT2D eigenvalue weighted by molar-refractivity contribution is 7.90. The van der Waals surface area contributed by atoms with Crippen molar-refractivity contribution in [3.8, 4) is 0 Å². The molecule has 1 heterocycles. The largest absolute Gasteiger partial charge is 0.295 e. The summed E-state index contributed by atoms with van der Waals surface area (Å²) in [7, 11) is -3.72. The molecule has 122 valence electrons. The number of hydrogen-bond donors (Lipinski definition) is 0. The zero-order valence-electron chi connectivity index (χ0n) is 13.4. The molecule has 1 aromatic heterocycles. The van der Waals surface area contributed by atoms with E-state index in [9.17, 15) is 13.2 Å². The van der Waals surface area contributed by atoms with Gasteiger partial charge in [0.2, 0.25) is 0 Å². The van der Waals surface area contributed by atoms with Gasteiger partial charge in [-0.25, -0.2) is 12.4 Å². The molecule has 0 N–H and O–H groups in total. The third-order valence-electron chi connectivity index (χ3n) is 3.87. The standard InChI is InChI=1S/C19H17NO3S/c1-14(21)12-13-17-15(2)20(19-11-7-6-10-18(17)19)24(22,23)16-8-4-3-5-9-16/h3-13H,1-2H3/b13-12+. The van der Waals surface area contributed by atoms with Crippen LogP contribution in [0.2, 0.25) is 0 Å². The minimum Gasteiger partial charge on any atom is -0.295 e. The van der Waals surface area contributed by atoms with Crippen LogP contribution in [0.25, 0.3) is 17.0 Å². The minimum absolute atomic E-state index is 0.0860. The van der Waals surface area contributed by atoms with Crippen LogP contribution in [0.15, 0.2) is 65.6 Å². The number of nitrogens with zero attached hydrogens (tertiary/aromatic N) is 1. The average Bonchev–Trinajstić information content (AvgIpc) is 2.85. The summed E-state index contributed by atoms with van der Waals surface area (Å²) in [6, 6.07) is 15.6. The summed E-state index contributed by atoms with van der Waals surface area (Å²) in [5.41, 5.74) is 1.92. The van der Waals surface area contributed by atoms with Gasteiger partial charge in [-0.1, -0.05) is 36.4 Å². The molecule has 5 heteroatoms. The Morgan fingerprint density at radius 1 is 1.00 bits per heavy atom. The molecule has 3 rings (SSSR count). The van der Waals surface area contributed by atoms with Gasteiger partial charge in [-0.15, -0.1) is 0 Å². The summed E-state index contributed by atoms with van der Waals surface area (Å²) in [6.07, 6.45) is 3.13. The van der Waals surface area contributed by atoms with Gasteiger partial charge in [-0.2, -0.15) is 0 Å². The smallest absolute Gasteiger partial charge is 0.268 e. The third-order valence-corrected chi connectivity index (χ3v) is 5.69. The van der Waals surface area contributed by atoms with E-state index in [-0.39, 0.29) is 10.7 Å². The second kappa shape index (κ2) is 6.09. The van der Waals surface area contributed by atoms with Gasteiger partial charge < -0.3 is 0 Å². The van der Waals surface area contributed by atoms with Crippen molar-refractivity contribution >= 4 is 32.8 Å². The number of aromatic nitrogens is 1. The van der Waals surface area contributed by atoms with E-state index in [1.54, 1.807) is 55.5 Å².